The van der Waals surface area contributed by atoms with Crippen molar-refractivity contribution in [1.82, 2.24) is 5.32 Å². The minimum Gasteiger partial charge on any atom is -0.394 e. The molecule has 0 spiro atoms. The van der Waals surface area contributed by atoms with Crippen molar-refractivity contribution in [2.24, 2.45) is 0 Å². The van der Waals surface area contributed by atoms with E-state index < -0.39 is 36.9 Å². The Balaban J connectivity index is 3.47. The van der Waals surface area contributed by atoms with Crippen molar-refractivity contribution >= 4 is 5.91 Å². The van der Waals surface area contributed by atoms with Crippen molar-refractivity contribution in [3.05, 3.63) is 12.2 Å². The molecule has 0 heterocycles. The van der Waals surface area contributed by atoms with Gasteiger partial charge in [-0.1, -0.05) is 302 Å². The van der Waals surface area contributed by atoms with Gasteiger partial charge in [-0.2, -0.15) is 0 Å². The molecule has 0 rings (SSSR count). The number of amides is 1. The monoisotopic (exact) mass is 920 g/mol. The van der Waals surface area contributed by atoms with Gasteiger partial charge < -0.3 is 25.7 Å². The molecule has 0 radical (unpaired) electrons. The maximum Gasteiger partial charge on any atom is 0.249 e. The third kappa shape index (κ3) is 47.9. The van der Waals surface area contributed by atoms with Crippen molar-refractivity contribution in [2.45, 2.75) is 353 Å². The Hall–Kier alpha value is -0.950. The molecule has 4 atom stereocenters. The summed E-state index contributed by atoms with van der Waals surface area (Å²) in [6, 6.07) is -0.981. The van der Waals surface area contributed by atoms with Crippen LogP contribution in [0.4, 0.5) is 0 Å². The number of nitrogens with one attached hydrogen (secondary N) is 1. The van der Waals surface area contributed by atoms with Crippen LogP contribution in [0.2, 0.25) is 0 Å². The van der Waals surface area contributed by atoms with E-state index in [1.165, 1.54) is 263 Å². The number of aliphatic hydroxyl groups excluding tert-OH is 4. The SMILES string of the molecule is CCCCCCCCCCCCCCCCCCCC/C=C\CCCCCCCCCCCCCCCCCCC(O)C(=O)NC(CO)C(O)C(O)CCCCCCCCCCCCC. The molecule has 0 bridgehead atoms. The number of unbranched alkanes of at least 4 members (excludes halogenated alkanes) is 44. The molecule has 388 valence electrons. The van der Waals surface area contributed by atoms with E-state index in [9.17, 15) is 25.2 Å². The number of rotatable bonds is 55. The molecular weight excluding hydrogens is 803 g/mol. The lowest BCUT2D eigenvalue weighted by atomic mass is 9.99. The molecular formula is C59H117NO5. The van der Waals surface area contributed by atoms with E-state index in [0.29, 0.717) is 12.8 Å². The van der Waals surface area contributed by atoms with Crippen LogP contribution in [0, 0.1) is 0 Å². The summed E-state index contributed by atoms with van der Waals surface area (Å²) in [6.07, 6.45) is 64.7. The van der Waals surface area contributed by atoms with Crippen molar-refractivity contribution in [3.63, 3.8) is 0 Å². The Kier molecular flexibility index (Phi) is 53.2. The molecule has 65 heavy (non-hydrogen) atoms. The Labute approximate surface area is 406 Å². The molecule has 4 unspecified atom stereocenters. The number of hydrogen-bond donors (Lipinski definition) is 5. The van der Waals surface area contributed by atoms with E-state index >= 15 is 0 Å². The number of aliphatic hydroxyl groups is 4. The quantitative estimate of drug-likeness (QED) is 0.0308. The molecule has 0 aromatic rings. The third-order valence-electron chi connectivity index (χ3n) is 14.2. The van der Waals surface area contributed by atoms with Crippen LogP contribution in [-0.4, -0.2) is 57.3 Å². The first-order valence-corrected chi connectivity index (χ1v) is 29.6. The molecule has 0 aromatic carbocycles. The predicted octanol–water partition coefficient (Wildman–Crippen LogP) is 17.3. The van der Waals surface area contributed by atoms with Gasteiger partial charge in [0.15, 0.2) is 0 Å². The summed E-state index contributed by atoms with van der Waals surface area (Å²) in [5, 5.41) is 43.8. The molecule has 0 fully saturated rings. The molecule has 6 heteroatoms. The zero-order chi connectivity index (χ0) is 47.4. The molecule has 0 aliphatic heterocycles. The highest BCUT2D eigenvalue weighted by molar-refractivity contribution is 5.80. The second-order valence-electron chi connectivity index (χ2n) is 20.7. The number of carbonyl (C=O) groups excluding carboxylic acids is 1. The fourth-order valence-electron chi connectivity index (χ4n) is 9.58. The van der Waals surface area contributed by atoms with E-state index in [0.717, 1.165) is 38.5 Å². The fourth-order valence-corrected chi connectivity index (χ4v) is 9.58. The molecule has 6 nitrogen and oxygen atoms in total. The third-order valence-corrected chi connectivity index (χ3v) is 14.2. The number of allylic oxidation sites excluding steroid dienone is 2. The van der Waals surface area contributed by atoms with Gasteiger partial charge in [-0.15, -0.1) is 0 Å². The van der Waals surface area contributed by atoms with Gasteiger partial charge in [0, 0.05) is 0 Å². The molecule has 1 amide bonds. The molecule has 0 aromatic heterocycles. The molecule has 0 saturated carbocycles. The minimum atomic E-state index is -1.25. The van der Waals surface area contributed by atoms with Crippen LogP contribution in [-0.2, 0) is 4.79 Å². The van der Waals surface area contributed by atoms with Crippen LogP contribution in [0.3, 0.4) is 0 Å². The van der Waals surface area contributed by atoms with Gasteiger partial charge >= 0.3 is 0 Å². The first-order chi connectivity index (χ1) is 32.0. The Bertz CT molecular complexity index is 944. The smallest absolute Gasteiger partial charge is 0.249 e. The highest BCUT2D eigenvalue weighted by Gasteiger charge is 2.28. The molecule has 0 aliphatic carbocycles. The summed E-state index contributed by atoms with van der Waals surface area (Å²) in [7, 11) is 0. The zero-order valence-corrected chi connectivity index (χ0v) is 44.0. The largest absolute Gasteiger partial charge is 0.394 e. The number of carbonyl (C=O) groups is 1. The van der Waals surface area contributed by atoms with Gasteiger partial charge in [0.1, 0.15) is 12.2 Å². The lowest BCUT2D eigenvalue weighted by Gasteiger charge is -2.27. The van der Waals surface area contributed by atoms with Crippen molar-refractivity contribution < 1.29 is 25.2 Å². The van der Waals surface area contributed by atoms with E-state index in [1.807, 2.05) is 0 Å². The van der Waals surface area contributed by atoms with E-state index in [1.54, 1.807) is 0 Å². The van der Waals surface area contributed by atoms with Crippen LogP contribution in [0.15, 0.2) is 12.2 Å². The molecule has 0 saturated heterocycles. The van der Waals surface area contributed by atoms with Gasteiger partial charge in [0.2, 0.25) is 5.91 Å². The lowest BCUT2D eigenvalue weighted by Crippen LogP contribution is -2.53. The van der Waals surface area contributed by atoms with Crippen LogP contribution in [0.25, 0.3) is 0 Å². The van der Waals surface area contributed by atoms with Crippen LogP contribution >= 0.6 is 0 Å². The van der Waals surface area contributed by atoms with E-state index in [-0.39, 0.29) is 0 Å². The molecule has 0 aliphatic rings. The summed E-state index contributed by atoms with van der Waals surface area (Å²) in [5.41, 5.74) is 0. The normalized spacial score (nSPS) is 13.8. The van der Waals surface area contributed by atoms with E-state index in [2.05, 4.69) is 31.3 Å². The van der Waals surface area contributed by atoms with Crippen molar-refractivity contribution in [2.75, 3.05) is 6.61 Å². The fraction of sp³-hybridized carbons (Fsp3) is 0.949. The molecule has 5 N–H and O–H groups in total. The number of hydrogen-bond acceptors (Lipinski definition) is 5. The Morgan fingerprint density at radius 1 is 0.369 bits per heavy atom. The maximum atomic E-state index is 12.6. The summed E-state index contributed by atoms with van der Waals surface area (Å²) >= 11 is 0. The maximum absolute atomic E-state index is 12.6. The van der Waals surface area contributed by atoms with E-state index in [4.69, 9.17) is 0 Å². The summed E-state index contributed by atoms with van der Waals surface area (Å²) in [4.78, 5) is 12.6. The first-order valence-electron chi connectivity index (χ1n) is 29.6. The highest BCUT2D eigenvalue weighted by atomic mass is 16.3. The van der Waals surface area contributed by atoms with Crippen LogP contribution in [0.5, 0.6) is 0 Å². The van der Waals surface area contributed by atoms with Gasteiger partial charge in [0.05, 0.1) is 18.8 Å². The highest BCUT2D eigenvalue weighted by Crippen LogP contribution is 2.18. The zero-order valence-electron chi connectivity index (χ0n) is 44.0. The lowest BCUT2D eigenvalue weighted by molar-refractivity contribution is -0.132. The second-order valence-corrected chi connectivity index (χ2v) is 20.7. The Morgan fingerprint density at radius 2 is 0.615 bits per heavy atom. The van der Waals surface area contributed by atoms with Crippen LogP contribution < -0.4 is 5.32 Å². The second kappa shape index (κ2) is 54.0. The Morgan fingerprint density at radius 3 is 0.892 bits per heavy atom. The average molecular weight is 921 g/mol. The topological polar surface area (TPSA) is 110 Å². The van der Waals surface area contributed by atoms with Crippen molar-refractivity contribution in [1.29, 1.82) is 0 Å². The van der Waals surface area contributed by atoms with Gasteiger partial charge in [-0.3, -0.25) is 4.79 Å². The first kappa shape index (κ1) is 64.0. The minimum absolute atomic E-state index is 0.373. The van der Waals surface area contributed by atoms with Gasteiger partial charge in [-0.05, 0) is 38.5 Å². The van der Waals surface area contributed by atoms with Gasteiger partial charge in [-0.25, -0.2) is 0 Å². The summed E-state index contributed by atoms with van der Waals surface area (Å²) < 4.78 is 0. The van der Waals surface area contributed by atoms with Crippen LogP contribution in [0.1, 0.15) is 328 Å². The predicted molar refractivity (Wildman–Crippen MR) is 284 cm³/mol. The summed E-state index contributed by atoms with van der Waals surface area (Å²) in [6.45, 7) is 4.07. The standard InChI is InChI=1S/C59H117NO5/c1-3-5-7-9-11-13-15-16-17-18-19-20-21-22-23-24-25-26-27-28-29-30-31-32-33-34-35-36-37-38-39-40-41-43-45-47-49-51-53-57(63)59(65)60-55(54-61)58(64)56(62)52-50-48-46-44-42-14-12-10-8-6-4-2/h28-29,55-58,61-64H,3-27,30-54H2,1-2H3,(H,60,65)/b29-28-. The van der Waals surface area contributed by atoms with Gasteiger partial charge in [0.25, 0.3) is 0 Å². The average Bonchev–Trinajstić information content (AvgIpc) is 3.31. The van der Waals surface area contributed by atoms with Crippen molar-refractivity contribution in [3.8, 4) is 0 Å². The summed E-state index contributed by atoms with van der Waals surface area (Å²) in [5.74, 6) is -0.579.